The Kier molecular flexibility index (Phi) is 4.96. The number of carbonyl (C=O) groups is 2. The third kappa shape index (κ3) is 3.67. The van der Waals surface area contributed by atoms with Crippen LogP contribution in [0.2, 0.25) is 0 Å². The molecule has 1 N–H and O–H groups in total. The molecule has 1 aliphatic rings. The summed E-state index contributed by atoms with van der Waals surface area (Å²) >= 11 is 1.14. The average molecular weight is 411 g/mol. The molecule has 1 aromatic carbocycles. The summed E-state index contributed by atoms with van der Waals surface area (Å²) in [5, 5.41) is 3.20. The van der Waals surface area contributed by atoms with Crippen molar-refractivity contribution in [3.63, 3.8) is 0 Å². The molecule has 0 bridgehead atoms. The van der Waals surface area contributed by atoms with Gasteiger partial charge in [-0.2, -0.15) is 0 Å². The largest absolute Gasteiger partial charge is 0.451 e. The van der Waals surface area contributed by atoms with E-state index in [1.54, 1.807) is 11.5 Å². The van der Waals surface area contributed by atoms with Gasteiger partial charge >= 0.3 is 5.97 Å². The molecule has 3 heterocycles. The van der Waals surface area contributed by atoms with E-state index in [0.717, 1.165) is 41.1 Å². The molecule has 0 radical (unpaired) electrons. The number of rotatable bonds is 4. The lowest BCUT2D eigenvalue weighted by Gasteiger charge is -2.08. The molecule has 4 rings (SSSR count). The van der Waals surface area contributed by atoms with Crippen LogP contribution in [0.4, 0.5) is 5.69 Å². The highest BCUT2D eigenvalue weighted by atomic mass is 32.1. The fraction of sp³-hybridized carbons (Fsp3) is 0.333. The lowest BCUT2D eigenvalue weighted by atomic mass is 10.1. The van der Waals surface area contributed by atoms with Crippen LogP contribution in [0, 0.1) is 20.8 Å². The Balaban J connectivity index is 1.49. The number of aryl methyl sites for hydroxylation is 4. The van der Waals surface area contributed by atoms with Gasteiger partial charge in [0, 0.05) is 18.7 Å². The second-order valence-corrected chi connectivity index (χ2v) is 8.32. The van der Waals surface area contributed by atoms with Crippen LogP contribution in [-0.4, -0.2) is 28.0 Å². The van der Waals surface area contributed by atoms with E-state index in [1.165, 1.54) is 0 Å². The van der Waals surface area contributed by atoms with E-state index in [-0.39, 0.29) is 5.56 Å². The highest BCUT2D eigenvalue weighted by Crippen LogP contribution is 2.29. The summed E-state index contributed by atoms with van der Waals surface area (Å²) in [5.74, 6) is -0.276. The number of benzene rings is 1. The van der Waals surface area contributed by atoms with Gasteiger partial charge in [0.25, 0.3) is 11.5 Å². The summed E-state index contributed by atoms with van der Waals surface area (Å²) < 4.78 is 6.87. The molecule has 2 aromatic heterocycles. The number of esters is 1. The van der Waals surface area contributed by atoms with E-state index in [9.17, 15) is 14.4 Å². The van der Waals surface area contributed by atoms with Crippen LogP contribution in [0.3, 0.4) is 0 Å². The Hall–Kier alpha value is -3.00. The van der Waals surface area contributed by atoms with Gasteiger partial charge in [0.1, 0.15) is 15.5 Å². The van der Waals surface area contributed by atoms with E-state index >= 15 is 0 Å². The smallest absolute Gasteiger partial charge is 0.349 e. The van der Waals surface area contributed by atoms with Crippen LogP contribution in [0.25, 0.3) is 10.2 Å². The minimum absolute atomic E-state index is 0.108. The maximum atomic E-state index is 12.7. The van der Waals surface area contributed by atoms with Gasteiger partial charge < -0.3 is 10.1 Å². The minimum Gasteiger partial charge on any atom is -0.451 e. The summed E-state index contributed by atoms with van der Waals surface area (Å²) in [6.07, 6.45) is 1.67. The van der Waals surface area contributed by atoms with Gasteiger partial charge in [-0.15, -0.1) is 11.3 Å². The number of anilines is 1. The van der Waals surface area contributed by atoms with Gasteiger partial charge in [-0.05, 0) is 56.0 Å². The van der Waals surface area contributed by atoms with Crippen molar-refractivity contribution in [1.82, 2.24) is 9.55 Å². The Labute approximate surface area is 171 Å². The standard InChI is InChI=1S/C21H21N3O4S/c1-11-7-12(2)9-14(8-11)22-16(25)10-28-21(27)18-13(3)17-19(29-18)23-15-5-4-6-24(15)20(17)26/h7-9H,4-6,10H2,1-3H3,(H,22,25). The van der Waals surface area contributed by atoms with E-state index in [2.05, 4.69) is 10.3 Å². The molecule has 0 spiro atoms. The fourth-order valence-corrected chi connectivity index (χ4v) is 4.79. The SMILES string of the molecule is Cc1cc(C)cc(NC(=O)COC(=O)c2sc3nc4n(c(=O)c3c2C)CCC4)c1. The zero-order valence-electron chi connectivity index (χ0n) is 16.5. The summed E-state index contributed by atoms with van der Waals surface area (Å²) in [6, 6.07) is 5.70. The van der Waals surface area contributed by atoms with Crippen molar-refractivity contribution in [2.45, 2.75) is 40.2 Å². The number of hydrogen-bond donors (Lipinski definition) is 1. The average Bonchev–Trinajstić information content (AvgIpc) is 3.24. The van der Waals surface area contributed by atoms with Crippen molar-refractivity contribution >= 4 is 39.1 Å². The number of nitrogens with one attached hydrogen (secondary N) is 1. The van der Waals surface area contributed by atoms with Crippen LogP contribution in [0.1, 0.15) is 38.6 Å². The highest BCUT2D eigenvalue weighted by molar-refractivity contribution is 7.20. The number of hydrogen-bond acceptors (Lipinski definition) is 6. The third-order valence-electron chi connectivity index (χ3n) is 4.94. The first-order chi connectivity index (χ1) is 13.8. The molecule has 1 amide bonds. The monoisotopic (exact) mass is 411 g/mol. The Morgan fingerprint density at radius 3 is 2.66 bits per heavy atom. The van der Waals surface area contributed by atoms with Gasteiger partial charge in [-0.3, -0.25) is 14.2 Å². The van der Waals surface area contributed by atoms with Gasteiger partial charge in [-0.25, -0.2) is 9.78 Å². The molecular weight excluding hydrogens is 390 g/mol. The molecule has 29 heavy (non-hydrogen) atoms. The number of thiophene rings is 1. The fourth-order valence-electron chi connectivity index (χ4n) is 3.71. The molecule has 1 aliphatic heterocycles. The second-order valence-electron chi connectivity index (χ2n) is 7.33. The molecule has 7 nitrogen and oxygen atoms in total. The molecule has 0 aliphatic carbocycles. The van der Waals surface area contributed by atoms with E-state index in [1.807, 2.05) is 32.0 Å². The molecule has 0 saturated carbocycles. The Morgan fingerprint density at radius 1 is 1.21 bits per heavy atom. The molecule has 0 saturated heterocycles. The van der Waals surface area contributed by atoms with Crippen LogP contribution < -0.4 is 10.9 Å². The van der Waals surface area contributed by atoms with Crippen LogP contribution in [-0.2, 0) is 22.5 Å². The van der Waals surface area contributed by atoms with E-state index < -0.39 is 18.5 Å². The van der Waals surface area contributed by atoms with Crippen molar-refractivity contribution in [3.05, 3.63) is 55.9 Å². The van der Waals surface area contributed by atoms with Gasteiger partial charge in [-0.1, -0.05) is 6.07 Å². The first-order valence-electron chi connectivity index (χ1n) is 9.41. The lowest BCUT2D eigenvalue weighted by molar-refractivity contribution is -0.119. The minimum atomic E-state index is -0.620. The quantitative estimate of drug-likeness (QED) is 0.666. The van der Waals surface area contributed by atoms with Crippen molar-refractivity contribution in [2.75, 3.05) is 11.9 Å². The number of ether oxygens (including phenoxy) is 1. The second kappa shape index (κ2) is 7.44. The van der Waals surface area contributed by atoms with Gasteiger partial charge in [0.05, 0.1) is 5.39 Å². The van der Waals surface area contributed by atoms with E-state index in [4.69, 9.17) is 4.74 Å². The Morgan fingerprint density at radius 2 is 1.93 bits per heavy atom. The molecule has 150 valence electrons. The van der Waals surface area contributed by atoms with Crippen molar-refractivity contribution < 1.29 is 14.3 Å². The molecular formula is C21H21N3O4S. The molecule has 8 heteroatoms. The summed E-state index contributed by atoms with van der Waals surface area (Å²) in [5.41, 5.74) is 3.17. The molecule has 0 fully saturated rings. The first-order valence-corrected chi connectivity index (χ1v) is 10.2. The number of aromatic nitrogens is 2. The summed E-state index contributed by atoms with van der Waals surface area (Å²) in [6.45, 7) is 5.86. The maximum absolute atomic E-state index is 12.7. The van der Waals surface area contributed by atoms with Crippen LogP contribution >= 0.6 is 11.3 Å². The maximum Gasteiger partial charge on any atom is 0.349 e. The summed E-state index contributed by atoms with van der Waals surface area (Å²) in [4.78, 5) is 42.8. The highest BCUT2D eigenvalue weighted by Gasteiger charge is 2.24. The zero-order chi connectivity index (χ0) is 20.7. The van der Waals surface area contributed by atoms with Crippen LogP contribution in [0.5, 0.6) is 0 Å². The number of carbonyl (C=O) groups excluding carboxylic acids is 2. The van der Waals surface area contributed by atoms with Crippen molar-refractivity contribution in [3.8, 4) is 0 Å². The van der Waals surface area contributed by atoms with E-state index in [0.29, 0.717) is 32.9 Å². The molecule has 0 unspecified atom stereocenters. The van der Waals surface area contributed by atoms with Crippen molar-refractivity contribution in [1.29, 1.82) is 0 Å². The van der Waals surface area contributed by atoms with Crippen LogP contribution in [0.15, 0.2) is 23.0 Å². The molecule has 0 atom stereocenters. The molecule has 3 aromatic rings. The first kappa shape index (κ1) is 19.3. The predicted molar refractivity (Wildman–Crippen MR) is 112 cm³/mol. The van der Waals surface area contributed by atoms with Gasteiger partial charge in [0.15, 0.2) is 6.61 Å². The number of nitrogens with zero attached hydrogens (tertiary/aromatic N) is 2. The number of amides is 1. The predicted octanol–water partition coefficient (Wildman–Crippen LogP) is 3.12. The van der Waals surface area contributed by atoms with Gasteiger partial charge in [0.2, 0.25) is 0 Å². The Bertz CT molecular complexity index is 1190. The lowest BCUT2D eigenvalue weighted by Crippen LogP contribution is -2.21. The topological polar surface area (TPSA) is 90.3 Å². The zero-order valence-corrected chi connectivity index (χ0v) is 17.3. The van der Waals surface area contributed by atoms with Crippen molar-refractivity contribution in [2.24, 2.45) is 0 Å². The third-order valence-corrected chi connectivity index (χ3v) is 6.10. The normalized spacial score (nSPS) is 12.8. The summed E-state index contributed by atoms with van der Waals surface area (Å²) in [7, 11) is 0. The number of fused-ring (bicyclic) bond motifs is 2.